The largest absolute Gasteiger partial charge is 0.756 e. The van der Waals surface area contributed by atoms with Crippen LogP contribution in [0.25, 0.3) is 0 Å². The summed E-state index contributed by atoms with van der Waals surface area (Å²) in [6.45, 7) is 4.23. The van der Waals surface area contributed by atoms with Crippen LogP contribution in [0, 0.1) is 0 Å². The van der Waals surface area contributed by atoms with E-state index in [-0.39, 0.29) is 32.0 Å². The molecule has 0 aliphatic rings. The van der Waals surface area contributed by atoms with Crippen LogP contribution in [0.1, 0.15) is 251 Å². The Morgan fingerprint density at radius 1 is 0.477 bits per heavy atom. The summed E-state index contributed by atoms with van der Waals surface area (Å²) in [4.78, 5) is 37.8. The van der Waals surface area contributed by atoms with Crippen molar-refractivity contribution in [1.82, 2.24) is 0 Å². The molecule has 0 spiro atoms. The number of hydrogen-bond acceptors (Lipinski definition) is 8. The first-order valence-electron chi connectivity index (χ1n) is 27.2. The second kappa shape index (κ2) is 47.3. The van der Waals surface area contributed by atoms with Crippen molar-refractivity contribution in [2.45, 2.75) is 258 Å². The van der Waals surface area contributed by atoms with Crippen molar-refractivity contribution in [3.63, 3.8) is 0 Å². The van der Waals surface area contributed by atoms with Gasteiger partial charge in [-0.15, -0.1) is 0 Å². The molecule has 2 atom stereocenters. The number of quaternary nitrogens is 1. The summed E-state index contributed by atoms with van der Waals surface area (Å²) < 4.78 is 34.1. The normalized spacial score (nSPS) is 13.6. The Labute approximate surface area is 401 Å². The predicted octanol–water partition coefficient (Wildman–Crippen LogP) is 15.8. The van der Waals surface area contributed by atoms with Crippen molar-refractivity contribution < 1.29 is 42.1 Å². The molecule has 0 aliphatic carbocycles. The topological polar surface area (TPSA) is 111 Å². The average Bonchev–Trinajstić information content (AvgIpc) is 3.26. The highest BCUT2D eigenvalue weighted by Gasteiger charge is 2.21. The lowest BCUT2D eigenvalue weighted by Gasteiger charge is -2.28. The molecular weight excluding hydrogens is 834 g/mol. The number of hydrogen-bond donors (Lipinski definition) is 0. The van der Waals surface area contributed by atoms with E-state index in [9.17, 15) is 19.0 Å². The van der Waals surface area contributed by atoms with Crippen molar-refractivity contribution in [3.05, 3.63) is 36.5 Å². The average molecular weight is 938 g/mol. The summed E-state index contributed by atoms with van der Waals surface area (Å²) in [7, 11) is 1.16. The minimum absolute atomic E-state index is 0.0326. The van der Waals surface area contributed by atoms with E-state index >= 15 is 0 Å². The van der Waals surface area contributed by atoms with Gasteiger partial charge in [-0.2, -0.15) is 0 Å². The van der Waals surface area contributed by atoms with Gasteiger partial charge in [0.1, 0.15) is 19.8 Å². The highest BCUT2D eigenvalue weighted by molar-refractivity contribution is 7.45. The molecule has 10 heteroatoms. The van der Waals surface area contributed by atoms with Crippen LogP contribution in [0.4, 0.5) is 0 Å². The number of phosphoric acid groups is 1. The number of esters is 2. The first-order valence-corrected chi connectivity index (χ1v) is 28.7. The number of nitrogens with zero attached hydrogens (tertiary/aromatic N) is 1. The molecule has 0 amide bonds. The molecule has 0 saturated carbocycles. The maximum absolute atomic E-state index is 12.8. The first kappa shape index (κ1) is 63.2. The van der Waals surface area contributed by atoms with Gasteiger partial charge in [0.2, 0.25) is 0 Å². The van der Waals surface area contributed by atoms with Gasteiger partial charge in [-0.05, 0) is 51.4 Å². The number of phosphoric ester groups is 1. The fraction of sp³-hybridized carbons (Fsp3) is 0.855. The molecule has 0 aromatic heterocycles. The quantitative estimate of drug-likeness (QED) is 0.0195. The van der Waals surface area contributed by atoms with Crippen molar-refractivity contribution >= 4 is 19.8 Å². The lowest BCUT2D eigenvalue weighted by molar-refractivity contribution is -0.870. The van der Waals surface area contributed by atoms with Crippen molar-refractivity contribution in [2.75, 3.05) is 47.5 Å². The molecule has 2 unspecified atom stereocenters. The van der Waals surface area contributed by atoms with E-state index in [1.54, 1.807) is 0 Å². The number of likely N-dealkylation sites (N-methyl/N-ethyl adjacent to an activating group) is 1. The minimum Gasteiger partial charge on any atom is -0.756 e. The van der Waals surface area contributed by atoms with Crippen molar-refractivity contribution in [1.29, 1.82) is 0 Å². The highest BCUT2D eigenvalue weighted by Crippen LogP contribution is 2.38. The number of carbonyl (C=O) groups excluding carboxylic acids is 2. The summed E-state index contributed by atoms with van der Waals surface area (Å²) >= 11 is 0. The molecule has 0 saturated heterocycles. The first-order chi connectivity index (χ1) is 31.5. The fourth-order valence-electron chi connectivity index (χ4n) is 7.66. The molecule has 65 heavy (non-hydrogen) atoms. The monoisotopic (exact) mass is 938 g/mol. The number of ether oxygens (including phenoxy) is 2. The van der Waals surface area contributed by atoms with Gasteiger partial charge in [0.25, 0.3) is 7.82 Å². The van der Waals surface area contributed by atoms with Gasteiger partial charge in [0.05, 0.1) is 27.7 Å². The Kier molecular flexibility index (Phi) is 46.0. The summed E-state index contributed by atoms with van der Waals surface area (Å²) in [6, 6.07) is 0. The Morgan fingerprint density at radius 2 is 0.831 bits per heavy atom. The van der Waals surface area contributed by atoms with E-state index in [4.69, 9.17) is 18.5 Å². The predicted molar refractivity (Wildman–Crippen MR) is 273 cm³/mol. The zero-order chi connectivity index (χ0) is 47.8. The van der Waals surface area contributed by atoms with Gasteiger partial charge in [-0.3, -0.25) is 14.2 Å². The van der Waals surface area contributed by atoms with Gasteiger partial charge in [-0.1, -0.05) is 224 Å². The molecule has 0 aliphatic heterocycles. The Hall–Kier alpha value is -1.77. The molecule has 382 valence electrons. The Bertz CT molecular complexity index is 1200. The fourth-order valence-corrected chi connectivity index (χ4v) is 8.39. The van der Waals surface area contributed by atoms with E-state index in [2.05, 4.69) is 50.3 Å². The van der Waals surface area contributed by atoms with E-state index in [0.717, 1.165) is 70.6 Å². The van der Waals surface area contributed by atoms with E-state index in [1.165, 1.54) is 148 Å². The standard InChI is InChI=1S/C55H104NO8P/c1-6-8-10-12-14-16-18-20-22-24-26-27-28-30-31-33-35-37-39-41-43-45-47-54(57)61-51-53(52-63-65(59,60)62-50-49-56(3,4)5)64-55(58)48-46-44-42-40-38-36-34-32-29-25-23-21-19-17-15-13-11-9-7-2/h15,17,21,23,29,32,53H,6-14,16,18-20,22,24-28,30-31,33-52H2,1-5H3/b17-15-,23-21-,32-29-. The van der Waals surface area contributed by atoms with Gasteiger partial charge < -0.3 is 27.9 Å². The minimum atomic E-state index is -4.63. The molecule has 0 bridgehead atoms. The third-order valence-corrected chi connectivity index (χ3v) is 12.9. The summed E-state index contributed by atoms with van der Waals surface area (Å²) in [5.74, 6) is -0.837. The van der Waals surface area contributed by atoms with Gasteiger partial charge >= 0.3 is 11.9 Å². The van der Waals surface area contributed by atoms with E-state index < -0.39 is 26.5 Å². The third-order valence-electron chi connectivity index (χ3n) is 11.9. The maximum atomic E-state index is 12.8. The summed E-state index contributed by atoms with van der Waals surface area (Å²) in [5, 5.41) is 0. The molecule has 0 aromatic carbocycles. The van der Waals surface area contributed by atoms with Gasteiger partial charge in [0.15, 0.2) is 6.10 Å². The molecule has 0 heterocycles. The zero-order valence-corrected chi connectivity index (χ0v) is 44.1. The molecule has 0 aromatic rings. The van der Waals surface area contributed by atoms with Crippen LogP contribution in [-0.4, -0.2) is 70.0 Å². The molecular formula is C55H104NO8P. The second-order valence-electron chi connectivity index (χ2n) is 19.6. The van der Waals surface area contributed by atoms with Crippen molar-refractivity contribution in [3.8, 4) is 0 Å². The lowest BCUT2D eigenvalue weighted by Crippen LogP contribution is -2.37. The van der Waals surface area contributed by atoms with Gasteiger partial charge in [-0.25, -0.2) is 0 Å². The lowest BCUT2D eigenvalue weighted by atomic mass is 10.0. The molecule has 0 fully saturated rings. The smallest absolute Gasteiger partial charge is 0.306 e. The highest BCUT2D eigenvalue weighted by atomic mass is 31.2. The third kappa shape index (κ3) is 51.5. The number of unbranched alkanes of at least 4 members (excludes halogenated alkanes) is 30. The molecule has 0 radical (unpaired) electrons. The SMILES string of the molecule is CCCCC/C=C\C/C=C\C/C=C\CCCCCCCCC(=O)OC(COC(=O)CCCCCCCCCCCCCCCCCCCCCCCC)COP(=O)([O-])OCC[N+](C)(C)C. The number of rotatable bonds is 50. The van der Waals surface area contributed by atoms with Crippen molar-refractivity contribution in [2.24, 2.45) is 0 Å². The van der Waals surface area contributed by atoms with Gasteiger partial charge in [0, 0.05) is 12.8 Å². The Balaban J connectivity index is 4.20. The number of carbonyl (C=O) groups is 2. The van der Waals surface area contributed by atoms with E-state index in [0.29, 0.717) is 17.4 Å². The Morgan fingerprint density at radius 3 is 1.26 bits per heavy atom. The summed E-state index contributed by atoms with van der Waals surface area (Å²) in [6.07, 6.45) is 56.1. The van der Waals surface area contributed by atoms with Crippen LogP contribution in [0.5, 0.6) is 0 Å². The summed E-state index contributed by atoms with van der Waals surface area (Å²) in [5.41, 5.74) is 0. The van der Waals surface area contributed by atoms with Crippen LogP contribution >= 0.6 is 7.82 Å². The second-order valence-corrected chi connectivity index (χ2v) is 21.0. The number of allylic oxidation sites excluding steroid dienone is 6. The van der Waals surface area contributed by atoms with Crippen LogP contribution in [-0.2, 0) is 32.7 Å². The molecule has 9 nitrogen and oxygen atoms in total. The molecule has 0 rings (SSSR count). The van der Waals surface area contributed by atoms with Crippen LogP contribution in [0.3, 0.4) is 0 Å². The van der Waals surface area contributed by atoms with Crippen LogP contribution < -0.4 is 4.89 Å². The molecule has 0 N–H and O–H groups in total. The van der Waals surface area contributed by atoms with Crippen LogP contribution in [0.2, 0.25) is 0 Å². The van der Waals surface area contributed by atoms with E-state index in [1.807, 2.05) is 21.1 Å². The maximum Gasteiger partial charge on any atom is 0.306 e. The zero-order valence-electron chi connectivity index (χ0n) is 43.2. The van der Waals surface area contributed by atoms with Crippen LogP contribution in [0.15, 0.2) is 36.5 Å².